The lowest BCUT2D eigenvalue weighted by atomic mass is 10.2. The van der Waals surface area contributed by atoms with Gasteiger partial charge < -0.3 is 10.1 Å². The van der Waals surface area contributed by atoms with Crippen LogP contribution in [0.1, 0.15) is 15.9 Å². The normalized spacial score (nSPS) is 10.8. The number of nitrogens with zero attached hydrogens (tertiary/aromatic N) is 3. The highest BCUT2D eigenvalue weighted by Crippen LogP contribution is 2.28. The SMILES string of the molecule is COc1ccccc1C(=O)Nc1cc2nn(-c3ccc(C)cc3)nc2cc1Cl. The highest BCUT2D eigenvalue weighted by molar-refractivity contribution is 6.34. The molecule has 140 valence electrons. The third-order valence-electron chi connectivity index (χ3n) is 4.33. The molecule has 0 aliphatic rings. The topological polar surface area (TPSA) is 69.0 Å². The average Bonchev–Trinajstić information content (AvgIpc) is 3.11. The maximum absolute atomic E-state index is 12.6. The number of ether oxygens (including phenoxy) is 1. The van der Waals surface area contributed by atoms with Crippen LogP contribution in [-0.4, -0.2) is 28.0 Å². The fourth-order valence-electron chi connectivity index (χ4n) is 2.85. The summed E-state index contributed by atoms with van der Waals surface area (Å²) in [6.07, 6.45) is 0. The zero-order valence-electron chi connectivity index (χ0n) is 15.3. The van der Waals surface area contributed by atoms with Gasteiger partial charge >= 0.3 is 0 Å². The molecule has 0 unspecified atom stereocenters. The van der Waals surface area contributed by atoms with Gasteiger partial charge in [0.05, 0.1) is 29.1 Å². The number of rotatable bonds is 4. The number of anilines is 1. The van der Waals surface area contributed by atoms with Crippen molar-refractivity contribution in [1.82, 2.24) is 15.0 Å². The van der Waals surface area contributed by atoms with Crippen LogP contribution in [0.15, 0.2) is 60.7 Å². The van der Waals surface area contributed by atoms with E-state index in [0.717, 1.165) is 11.3 Å². The van der Waals surface area contributed by atoms with Crippen LogP contribution in [-0.2, 0) is 0 Å². The Labute approximate surface area is 166 Å². The molecule has 1 amide bonds. The average molecular weight is 393 g/mol. The van der Waals surface area contributed by atoms with Crippen molar-refractivity contribution in [3.8, 4) is 11.4 Å². The van der Waals surface area contributed by atoms with Crippen molar-refractivity contribution < 1.29 is 9.53 Å². The fraction of sp³-hybridized carbons (Fsp3) is 0.0952. The molecule has 1 N–H and O–H groups in total. The Morgan fingerprint density at radius 2 is 1.71 bits per heavy atom. The number of carbonyl (C=O) groups is 1. The van der Waals surface area contributed by atoms with Crippen molar-refractivity contribution in [3.63, 3.8) is 0 Å². The van der Waals surface area contributed by atoms with E-state index in [-0.39, 0.29) is 5.91 Å². The summed E-state index contributed by atoms with van der Waals surface area (Å²) in [6, 6.07) is 18.3. The number of para-hydroxylation sites is 1. The summed E-state index contributed by atoms with van der Waals surface area (Å²) in [4.78, 5) is 14.2. The Kier molecular flexibility index (Phi) is 4.71. The Balaban J connectivity index is 1.67. The standard InChI is InChI=1S/C21H17ClN4O2/c1-13-7-9-14(10-8-13)26-24-18-11-16(22)17(12-19(18)25-26)23-21(27)15-5-3-4-6-20(15)28-2/h3-12H,1-2H3,(H,23,27). The maximum Gasteiger partial charge on any atom is 0.259 e. The Hall–Kier alpha value is -3.38. The Morgan fingerprint density at radius 3 is 2.43 bits per heavy atom. The van der Waals surface area contributed by atoms with E-state index in [9.17, 15) is 4.79 Å². The highest BCUT2D eigenvalue weighted by atomic mass is 35.5. The van der Waals surface area contributed by atoms with E-state index < -0.39 is 0 Å². The van der Waals surface area contributed by atoms with Gasteiger partial charge in [0.2, 0.25) is 0 Å². The van der Waals surface area contributed by atoms with Crippen molar-refractivity contribution in [2.24, 2.45) is 0 Å². The van der Waals surface area contributed by atoms with Gasteiger partial charge in [0.1, 0.15) is 16.8 Å². The molecule has 0 radical (unpaired) electrons. The first-order valence-electron chi connectivity index (χ1n) is 8.63. The molecule has 0 fully saturated rings. The molecule has 0 saturated heterocycles. The molecule has 1 aromatic heterocycles. The number of aryl methyl sites for hydroxylation is 1. The molecule has 28 heavy (non-hydrogen) atoms. The van der Waals surface area contributed by atoms with Crippen LogP contribution in [0.5, 0.6) is 5.75 Å². The summed E-state index contributed by atoms with van der Waals surface area (Å²) < 4.78 is 5.25. The first kappa shape index (κ1) is 18.0. The van der Waals surface area contributed by atoms with E-state index >= 15 is 0 Å². The summed E-state index contributed by atoms with van der Waals surface area (Å²) in [5.41, 5.74) is 4.15. The molecule has 0 aliphatic heterocycles. The van der Waals surface area contributed by atoms with Gasteiger partial charge in [0.15, 0.2) is 0 Å². The molecule has 4 rings (SSSR count). The molecule has 0 saturated carbocycles. The minimum atomic E-state index is -0.315. The largest absolute Gasteiger partial charge is 0.496 e. The lowest BCUT2D eigenvalue weighted by Gasteiger charge is -2.10. The highest BCUT2D eigenvalue weighted by Gasteiger charge is 2.15. The zero-order chi connectivity index (χ0) is 19.7. The number of amides is 1. The zero-order valence-corrected chi connectivity index (χ0v) is 16.1. The number of carbonyl (C=O) groups excluding carboxylic acids is 1. The number of halogens is 1. The molecular formula is C21H17ClN4O2. The van der Waals surface area contributed by atoms with Gasteiger partial charge in [-0.2, -0.15) is 4.80 Å². The second kappa shape index (κ2) is 7.32. The predicted molar refractivity (Wildman–Crippen MR) is 110 cm³/mol. The van der Waals surface area contributed by atoms with Gasteiger partial charge in [0.25, 0.3) is 5.91 Å². The van der Waals surface area contributed by atoms with Crippen molar-refractivity contribution in [3.05, 3.63) is 76.8 Å². The second-order valence-electron chi connectivity index (χ2n) is 6.30. The lowest BCUT2D eigenvalue weighted by molar-refractivity contribution is 0.102. The summed E-state index contributed by atoms with van der Waals surface area (Å²) in [5.74, 6) is 0.173. The fourth-order valence-corrected chi connectivity index (χ4v) is 3.05. The monoisotopic (exact) mass is 392 g/mol. The van der Waals surface area contributed by atoms with E-state index in [2.05, 4.69) is 15.5 Å². The minimum absolute atomic E-state index is 0.315. The summed E-state index contributed by atoms with van der Waals surface area (Å²) in [7, 11) is 1.52. The molecule has 3 aromatic carbocycles. The van der Waals surface area contributed by atoms with Gasteiger partial charge in [-0.15, -0.1) is 10.2 Å². The van der Waals surface area contributed by atoms with E-state index in [1.165, 1.54) is 7.11 Å². The number of nitrogens with one attached hydrogen (secondary N) is 1. The van der Waals surface area contributed by atoms with E-state index in [1.54, 1.807) is 41.2 Å². The van der Waals surface area contributed by atoms with E-state index in [4.69, 9.17) is 16.3 Å². The summed E-state index contributed by atoms with van der Waals surface area (Å²) in [5, 5.41) is 12.2. The van der Waals surface area contributed by atoms with Crippen molar-refractivity contribution in [2.75, 3.05) is 12.4 Å². The van der Waals surface area contributed by atoms with Crippen LogP contribution < -0.4 is 10.1 Å². The predicted octanol–water partition coefficient (Wildman–Crippen LogP) is 4.64. The third-order valence-corrected chi connectivity index (χ3v) is 4.65. The Morgan fingerprint density at radius 1 is 1.04 bits per heavy atom. The Bertz CT molecular complexity index is 1170. The molecule has 6 nitrogen and oxygen atoms in total. The number of fused-ring (bicyclic) bond motifs is 1. The van der Waals surface area contributed by atoms with E-state index in [1.807, 2.05) is 31.2 Å². The lowest BCUT2D eigenvalue weighted by Crippen LogP contribution is -2.13. The molecule has 0 spiro atoms. The van der Waals surface area contributed by atoms with Crippen LogP contribution in [0, 0.1) is 6.92 Å². The quantitative estimate of drug-likeness (QED) is 0.549. The van der Waals surface area contributed by atoms with Gasteiger partial charge in [-0.25, -0.2) is 0 Å². The van der Waals surface area contributed by atoms with Crippen LogP contribution in [0.2, 0.25) is 5.02 Å². The first-order chi connectivity index (χ1) is 13.5. The maximum atomic E-state index is 12.6. The number of methoxy groups -OCH3 is 1. The molecule has 7 heteroatoms. The van der Waals surface area contributed by atoms with Crippen LogP contribution in [0.25, 0.3) is 16.7 Å². The number of benzene rings is 3. The van der Waals surface area contributed by atoms with Gasteiger partial charge in [-0.05, 0) is 43.3 Å². The van der Waals surface area contributed by atoms with Crippen molar-refractivity contribution in [2.45, 2.75) is 6.92 Å². The van der Waals surface area contributed by atoms with Gasteiger partial charge in [0, 0.05) is 0 Å². The third kappa shape index (κ3) is 3.42. The molecule has 1 heterocycles. The molecule has 4 aromatic rings. The van der Waals surface area contributed by atoms with Gasteiger partial charge in [-0.3, -0.25) is 4.79 Å². The van der Waals surface area contributed by atoms with Crippen LogP contribution >= 0.6 is 11.6 Å². The van der Waals surface area contributed by atoms with Crippen molar-refractivity contribution >= 4 is 34.2 Å². The smallest absolute Gasteiger partial charge is 0.259 e. The van der Waals surface area contributed by atoms with E-state index in [0.29, 0.717) is 33.1 Å². The number of hydrogen-bond acceptors (Lipinski definition) is 4. The number of aromatic nitrogens is 3. The second-order valence-corrected chi connectivity index (χ2v) is 6.71. The van der Waals surface area contributed by atoms with Crippen LogP contribution in [0.4, 0.5) is 5.69 Å². The molecule has 0 atom stereocenters. The first-order valence-corrected chi connectivity index (χ1v) is 9.01. The molecule has 0 bridgehead atoms. The summed E-state index contributed by atoms with van der Waals surface area (Å²) in [6.45, 7) is 2.02. The molecular weight excluding hydrogens is 376 g/mol. The van der Waals surface area contributed by atoms with Gasteiger partial charge in [-0.1, -0.05) is 41.4 Å². The van der Waals surface area contributed by atoms with Crippen molar-refractivity contribution in [1.29, 1.82) is 0 Å². The van der Waals surface area contributed by atoms with Crippen LogP contribution in [0.3, 0.4) is 0 Å². The minimum Gasteiger partial charge on any atom is -0.496 e. The number of hydrogen-bond donors (Lipinski definition) is 1. The molecule has 0 aliphatic carbocycles. The summed E-state index contributed by atoms with van der Waals surface area (Å²) >= 11 is 6.36.